The van der Waals surface area contributed by atoms with Crippen LogP contribution in [0.25, 0.3) is 11.1 Å². The zero-order valence-corrected chi connectivity index (χ0v) is 24.7. The standard InChI is InChI=1S/C29H29F4N3O7S/c1-17-10-23(22-8-7-20(30)14-25(22)43-3)24(15-34-17)36(2)28(40)18-11-19(29(31,32)33)13-21(12-18)44(41,42)9-5-4-6-26(37)35-16-27(38)39/h7-8,10-15H,4-6,9,16H2,1-3H3,(H,35,37)(H,38,39). The van der Waals surface area contributed by atoms with Crippen molar-refractivity contribution in [3.8, 4) is 16.9 Å². The van der Waals surface area contributed by atoms with Crippen LogP contribution in [0.15, 0.2) is 53.6 Å². The lowest BCUT2D eigenvalue weighted by molar-refractivity contribution is -0.138. The number of pyridine rings is 1. The van der Waals surface area contributed by atoms with E-state index < -0.39 is 67.9 Å². The maximum absolute atomic E-state index is 13.9. The molecule has 0 aliphatic heterocycles. The Morgan fingerprint density at radius 3 is 2.39 bits per heavy atom. The molecule has 0 atom stereocenters. The Morgan fingerprint density at radius 2 is 1.75 bits per heavy atom. The minimum Gasteiger partial charge on any atom is -0.496 e. The molecular weight excluding hydrogens is 610 g/mol. The molecule has 0 aliphatic rings. The van der Waals surface area contributed by atoms with E-state index in [1.807, 2.05) is 0 Å². The van der Waals surface area contributed by atoms with Crippen LogP contribution < -0.4 is 15.0 Å². The molecule has 44 heavy (non-hydrogen) atoms. The number of hydrogen-bond donors (Lipinski definition) is 2. The van der Waals surface area contributed by atoms with Crippen molar-refractivity contribution in [2.24, 2.45) is 0 Å². The molecule has 0 aliphatic carbocycles. The first-order chi connectivity index (χ1) is 20.5. The van der Waals surface area contributed by atoms with Gasteiger partial charge in [0.1, 0.15) is 18.1 Å². The van der Waals surface area contributed by atoms with Crippen LogP contribution >= 0.6 is 0 Å². The molecule has 2 amide bonds. The van der Waals surface area contributed by atoms with Gasteiger partial charge >= 0.3 is 12.1 Å². The highest BCUT2D eigenvalue weighted by molar-refractivity contribution is 7.91. The number of carboxylic acid groups (broad SMARTS) is 1. The highest BCUT2D eigenvalue weighted by Crippen LogP contribution is 2.38. The predicted molar refractivity (Wildman–Crippen MR) is 152 cm³/mol. The topological polar surface area (TPSA) is 143 Å². The van der Waals surface area contributed by atoms with Crippen molar-refractivity contribution in [1.29, 1.82) is 0 Å². The van der Waals surface area contributed by atoms with Crippen LogP contribution in [0.3, 0.4) is 0 Å². The molecule has 3 aromatic rings. The molecule has 2 N–H and O–H groups in total. The summed E-state index contributed by atoms with van der Waals surface area (Å²) in [4.78, 5) is 40.2. The van der Waals surface area contributed by atoms with Gasteiger partial charge in [-0.1, -0.05) is 0 Å². The van der Waals surface area contributed by atoms with Gasteiger partial charge in [0.25, 0.3) is 5.91 Å². The zero-order valence-electron chi connectivity index (χ0n) is 23.9. The fraction of sp³-hybridized carbons (Fsp3) is 0.310. The molecule has 0 saturated heterocycles. The number of aryl methyl sites for hydroxylation is 1. The number of anilines is 1. The number of benzene rings is 2. The van der Waals surface area contributed by atoms with E-state index in [0.717, 1.165) is 17.0 Å². The number of alkyl halides is 3. The van der Waals surface area contributed by atoms with Crippen LogP contribution in [0.4, 0.5) is 23.2 Å². The van der Waals surface area contributed by atoms with Gasteiger partial charge in [-0.2, -0.15) is 13.2 Å². The molecule has 0 unspecified atom stereocenters. The van der Waals surface area contributed by atoms with Gasteiger partial charge in [-0.3, -0.25) is 19.4 Å². The molecule has 0 spiro atoms. The number of aliphatic carboxylic acids is 1. The summed E-state index contributed by atoms with van der Waals surface area (Å²) in [5.74, 6) is -3.93. The highest BCUT2D eigenvalue weighted by atomic mass is 32.2. The van der Waals surface area contributed by atoms with Gasteiger partial charge < -0.3 is 20.1 Å². The van der Waals surface area contributed by atoms with Crippen molar-refractivity contribution in [3.63, 3.8) is 0 Å². The summed E-state index contributed by atoms with van der Waals surface area (Å²) in [5.41, 5.74) is -0.538. The number of carbonyl (C=O) groups excluding carboxylic acids is 2. The largest absolute Gasteiger partial charge is 0.496 e. The van der Waals surface area contributed by atoms with Gasteiger partial charge in [-0.15, -0.1) is 0 Å². The van der Waals surface area contributed by atoms with Gasteiger partial charge in [0.15, 0.2) is 9.84 Å². The first kappa shape index (κ1) is 34.0. The minimum absolute atomic E-state index is 0.0220. The summed E-state index contributed by atoms with van der Waals surface area (Å²) in [6.07, 6.45) is -3.96. The zero-order chi connectivity index (χ0) is 32.8. The maximum Gasteiger partial charge on any atom is 0.416 e. The summed E-state index contributed by atoms with van der Waals surface area (Å²) in [5, 5.41) is 10.7. The molecule has 1 aromatic heterocycles. The number of amides is 2. The summed E-state index contributed by atoms with van der Waals surface area (Å²) in [7, 11) is -1.75. The SMILES string of the molecule is COc1cc(F)ccc1-c1cc(C)ncc1N(C)C(=O)c1cc(C(F)(F)F)cc(S(=O)(=O)CCCCC(=O)NCC(=O)O)c1. The lowest BCUT2D eigenvalue weighted by atomic mass is 10.0. The molecule has 0 radical (unpaired) electrons. The summed E-state index contributed by atoms with van der Waals surface area (Å²) >= 11 is 0. The average molecular weight is 640 g/mol. The van der Waals surface area contributed by atoms with Crippen LogP contribution in [0, 0.1) is 12.7 Å². The second kappa shape index (κ2) is 13.8. The van der Waals surface area contributed by atoms with Crippen LogP contribution in [0.1, 0.15) is 40.9 Å². The van der Waals surface area contributed by atoms with Gasteiger partial charge in [0.05, 0.1) is 35.2 Å². The number of rotatable bonds is 12. The third-order valence-corrected chi connectivity index (χ3v) is 8.26. The molecule has 2 aromatic carbocycles. The van der Waals surface area contributed by atoms with Crippen molar-refractivity contribution in [3.05, 3.63) is 71.3 Å². The molecule has 0 fully saturated rings. The Morgan fingerprint density at radius 1 is 1.05 bits per heavy atom. The number of nitrogens with one attached hydrogen (secondary N) is 1. The van der Waals surface area contributed by atoms with Gasteiger partial charge in [0, 0.05) is 41.9 Å². The third-order valence-electron chi connectivity index (χ3n) is 6.48. The quantitative estimate of drug-likeness (QED) is 0.216. The molecule has 0 saturated carbocycles. The molecule has 1 heterocycles. The number of nitrogens with zero attached hydrogens (tertiary/aromatic N) is 2. The Bertz CT molecular complexity index is 1680. The molecule has 236 valence electrons. The summed E-state index contributed by atoms with van der Waals surface area (Å²) < 4.78 is 86.7. The maximum atomic E-state index is 13.9. The molecule has 0 bridgehead atoms. The lowest BCUT2D eigenvalue weighted by Gasteiger charge is -2.23. The van der Waals surface area contributed by atoms with Crippen molar-refractivity contribution in [2.45, 2.75) is 37.3 Å². The lowest BCUT2D eigenvalue weighted by Crippen LogP contribution is -2.29. The van der Waals surface area contributed by atoms with Crippen LogP contribution in [0.2, 0.25) is 0 Å². The van der Waals surface area contributed by atoms with E-state index in [1.165, 1.54) is 32.5 Å². The smallest absolute Gasteiger partial charge is 0.416 e. The Labute approximate surface area is 250 Å². The van der Waals surface area contributed by atoms with Gasteiger partial charge in [-0.25, -0.2) is 12.8 Å². The third kappa shape index (κ3) is 8.52. The van der Waals surface area contributed by atoms with Gasteiger partial charge in [-0.05, 0) is 56.2 Å². The van der Waals surface area contributed by atoms with E-state index in [4.69, 9.17) is 9.84 Å². The average Bonchev–Trinajstić information content (AvgIpc) is 2.96. The first-order valence-electron chi connectivity index (χ1n) is 13.1. The Kier molecular flexibility index (Phi) is 10.7. The number of halogens is 4. The molecule has 10 nitrogen and oxygen atoms in total. The number of unbranched alkanes of at least 4 members (excludes halogenated alkanes) is 1. The van der Waals surface area contributed by atoms with Crippen molar-refractivity contribution in [1.82, 2.24) is 10.3 Å². The summed E-state index contributed by atoms with van der Waals surface area (Å²) in [6.45, 7) is 1.06. The molecule has 15 heteroatoms. The second-order valence-electron chi connectivity index (χ2n) is 9.74. The Hall–Kier alpha value is -4.53. The van der Waals surface area contributed by atoms with Crippen LogP contribution in [0.5, 0.6) is 5.75 Å². The fourth-order valence-corrected chi connectivity index (χ4v) is 5.68. The predicted octanol–water partition coefficient (Wildman–Crippen LogP) is 4.64. The van der Waals surface area contributed by atoms with Crippen LogP contribution in [-0.4, -0.2) is 62.7 Å². The Balaban J connectivity index is 1.95. The number of methoxy groups -OCH3 is 1. The van der Waals surface area contributed by atoms with Crippen LogP contribution in [-0.2, 0) is 25.6 Å². The van der Waals surface area contributed by atoms with Gasteiger partial charge in [0.2, 0.25) is 5.91 Å². The fourth-order valence-electron chi connectivity index (χ4n) is 4.25. The molecule has 3 rings (SSSR count). The van der Waals surface area contributed by atoms with E-state index in [2.05, 4.69) is 10.3 Å². The monoisotopic (exact) mass is 639 g/mol. The van der Waals surface area contributed by atoms with E-state index in [-0.39, 0.29) is 30.7 Å². The first-order valence-corrected chi connectivity index (χ1v) is 14.7. The second-order valence-corrected chi connectivity index (χ2v) is 11.9. The number of hydrogen-bond acceptors (Lipinski definition) is 7. The number of aromatic nitrogens is 1. The number of ether oxygens (including phenoxy) is 1. The normalized spacial score (nSPS) is 11.6. The van der Waals surface area contributed by atoms with E-state index in [0.29, 0.717) is 29.0 Å². The van der Waals surface area contributed by atoms with E-state index in [1.54, 1.807) is 13.0 Å². The number of carbonyl (C=O) groups is 3. The number of carboxylic acids is 1. The van der Waals surface area contributed by atoms with E-state index in [9.17, 15) is 40.4 Å². The number of sulfone groups is 1. The van der Waals surface area contributed by atoms with Crippen molar-refractivity contribution < 1.29 is 50.2 Å². The summed E-state index contributed by atoms with van der Waals surface area (Å²) in [6, 6.07) is 7.13. The van der Waals surface area contributed by atoms with E-state index >= 15 is 0 Å². The van der Waals surface area contributed by atoms with Crippen molar-refractivity contribution >= 4 is 33.3 Å². The highest BCUT2D eigenvalue weighted by Gasteiger charge is 2.34. The minimum atomic E-state index is -4.99. The molecular formula is C29H29F4N3O7S. The van der Waals surface area contributed by atoms with Crippen molar-refractivity contribution in [2.75, 3.05) is 31.4 Å².